The lowest BCUT2D eigenvalue weighted by Crippen LogP contribution is -2.35. The lowest BCUT2D eigenvalue weighted by atomic mass is 9.79. The molecule has 1 saturated heterocycles. The van der Waals surface area contributed by atoms with E-state index in [0.29, 0.717) is 23.3 Å². The van der Waals surface area contributed by atoms with Gasteiger partial charge in [0.05, 0.1) is 0 Å². The second-order valence-electron chi connectivity index (χ2n) is 8.49. The largest absolute Gasteiger partial charge is 0.385 e. The van der Waals surface area contributed by atoms with Crippen LogP contribution < -0.4 is 10.6 Å². The standard InChI is InChI=1S/C22H28Cl2N2/c1-22(2,3)12-21-20(14-25-18-9-7-16(23)8-10-18)19(13-26-21)15-5-4-6-17(24)11-15/h4-11,19-21,25-26H,12-14H2,1-3H3. The van der Waals surface area contributed by atoms with Crippen LogP contribution >= 0.6 is 23.2 Å². The molecule has 0 aliphatic carbocycles. The van der Waals surface area contributed by atoms with Crippen LogP contribution in [0.4, 0.5) is 5.69 Å². The fraction of sp³-hybridized carbons (Fsp3) is 0.455. The van der Waals surface area contributed by atoms with E-state index >= 15 is 0 Å². The number of rotatable bonds is 5. The van der Waals surface area contributed by atoms with Gasteiger partial charge in [0, 0.05) is 40.8 Å². The highest BCUT2D eigenvalue weighted by Crippen LogP contribution is 2.37. The lowest BCUT2D eigenvalue weighted by Gasteiger charge is -2.30. The summed E-state index contributed by atoms with van der Waals surface area (Å²) in [7, 11) is 0. The predicted molar refractivity (Wildman–Crippen MR) is 113 cm³/mol. The molecule has 0 saturated carbocycles. The molecule has 0 spiro atoms. The van der Waals surface area contributed by atoms with Gasteiger partial charge in [-0.05, 0) is 59.7 Å². The first kappa shape index (κ1) is 19.5. The van der Waals surface area contributed by atoms with Crippen LogP contribution in [-0.4, -0.2) is 19.1 Å². The van der Waals surface area contributed by atoms with Gasteiger partial charge in [0.15, 0.2) is 0 Å². The lowest BCUT2D eigenvalue weighted by molar-refractivity contribution is 0.286. The van der Waals surface area contributed by atoms with E-state index in [-0.39, 0.29) is 0 Å². The first-order chi connectivity index (χ1) is 12.3. The molecule has 26 heavy (non-hydrogen) atoms. The van der Waals surface area contributed by atoms with Gasteiger partial charge in [0.2, 0.25) is 0 Å². The average molecular weight is 391 g/mol. The first-order valence-electron chi connectivity index (χ1n) is 9.30. The highest BCUT2D eigenvalue weighted by atomic mass is 35.5. The predicted octanol–water partition coefficient (Wildman–Crippen LogP) is 6.21. The van der Waals surface area contributed by atoms with Crippen LogP contribution in [0.2, 0.25) is 10.0 Å². The van der Waals surface area contributed by atoms with Crippen LogP contribution in [0.3, 0.4) is 0 Å². The molecule has 3 atom stereocenters. The van der Waals surface area contributed by atoms with Crippen LogP contribution in [0.5, 0.6) is 0 Å². The van der Waals surface area contributed by atoms with E-state index in [4.69, 9.17) is 23.2 Å². The molecule has 2 N–H and O–H groups in total. The fourth-order valence-corrected chi connectivity index (χ4v) is 4.26. The summed E-state index contributed by atoms with van der Waals surface area (Å²) in [6, 6.07) is 16.7. The Morgan fingerprint density at radius 2 is 1.77 bits per heavy atom. The van der Waals surface area contributed by atoms with Crippen molar-refractivity contribution in [1.29, 1.82) is 0 Å². The molecule has 1 heterocycles. The van der Waals surface area contributed by atoms with Gasteiger partial charge in [0.25, 0.3) is 0 Å². The molecule has 0 amide bonds. The topological polar surface area (TPSA) is 24.1 Å². The molecule has 4 heteroatoms. The zero-order valence-corrected chi connectivity index (χ0v) is 17.2. The van der Waals surface area contributed by atoms with Crippen molar-refractivity contribution in [2.24, 2.45) is 11.3 Å². The summed E-state index contributed by atoms with van der Waals surface area (Å²) in [5.74, 6) is 0.962. The number of hydrogen-bond acceptors (Lipinski definition) is 2. The highest BCUT2D eigenvalue weighted by molar-refractivity contribution is 6.30. The molecular weight excluding hydrogens is 363 g/mol. The Bertz CT molecular complexity index is 722. The normalized spacial score (nSPS) is 23.2. The quantitative estimate of drug-likeness (QED) is 0.633. The molecule has 3 rings (SSSR count). The maximum absolute atomic E-state index is 6.25. The van der Waals surface area contributed by atoms with Gasteiger partial charge >= 0.3 is 0 Å². The van der Waals surface area contributed by atoms with Crippen LogP contribution in [0, 0.1) is 11.3 Å². The first-order valence-corrected chi connectivity index (χ1v) is 10.1. The molecule has 0 aromatic heterocycles. The number of benzene rings is 2. The van der Waals surface area contributed by atoms with Crippen molar-refractivity contribution < 1.29 is 0 Å². The summed E-state index contributed by atoms with van der Waals surface area (Å²) in [5.41, 5.74) is 2.73. The molecule has 0 bridgehead atoms. The summed E-state index contributed by atoms with van der Waals surface area (Å²) in [5, 5.41) is 8.96. The van der Waals surface area contributed by atoms with E-state index in [9.17, 15) is 0 Å². The molecule has 140 valence electrons. The van der Waals surface area contributed by atoms with Crippen LogP contribution in [0.1, 0.15) is 38.7 Å². The molecule has 2 nitrogen and oxygen atoms in total. The van der Waals surface area contributed by atoms with Gasteiger partial charge in [-0.1, -0.05) is 56.1 Å². The van der Waals surface area contributed by atoms with Gasteiger partial charge in [-0.25, -0.2) is 0 Å². The molecule has 3 unspecified atom stereocenters. The fourth-order valence-electron chi connectivity index (χ4n) is 3.94. The Labute approximate surface area is 167 Å². The maximum atomic E-state index is 6.25. The second kappa shape index (κ2) is 8.21. The van der Waals surface area contributed by atoms with Crippen molar-refractivity contribution >= 4 is 28.9 Å². The number of halogens is 2. The Morgan fingerprint density at radius 1 is 1.04 bits per heavy atom. The van der Waals surface area contributed by atoms with Crippen molar-refractivity contribution in [2.45, 2.75) is 39.2 Å². The highest BCUT2D eigenvalue weighted by Gasteiger charge is 2.38. The maximum Gasteiger partial charge on any atom is 0.0408 e. The van der Waals surface area contributed by atoms with E-state index in [1.807, 2.05) is 30.3 Å². The second-order valence-corrected chi connectivity index (χ2v) is 9.37. The van der Waals surface area contributed by atoms with E-state index < -0.39 is 0 Å². The Morgan fingerprint density at radius 3 is 2.42 bits per heavy atom. The van der Waals surface area contributed by atoms with E-state index in [1.165, 1.54) is 5.56 Å². The van der Waals surface area contributed by atoms with Crippen LogP contribution in [0.15, 0.2) is 48.5 Å². The minimum atomic E-state index is 0.291. The third kappa shape index (κ3) is 5.16. The zero-order valence-electron chi connectivity index (χ0n) is 15.7. The third-order valence-corrected chi connectivity index (χ3v) is 5.62. The van der Waals surface area contributed by atoms with Gasteiger partial charge in [-0.15, -0.1) is 0 Å². The van der Waals surface area contributed by atoms with E-state index in [2.05, 4.69) is 49.6 Å². The summed E-state index contributed by atoms with van der Waals surface area (Å²) >= 11 is 12.3. The van der Waals surface area contributed by atoms with Crippen molar-refractivity contribution in [2.75, 3.05) is 18.4 Å². The van der Waals surface area contributed by atoms with Crippen LogP contribution in [0.25, 0.3) is 0 Å². The molecule has 0 radical (unpaired) electrons. The summed E-state index contributed by atoms with van der Waals surface area (Å²) in [6.07, 6.45) is 1.15. The minimum Gasteiger partial charge on any atom is -0.385 e. The smallest absolute Gasteiger partial charge is 0.0408 e. The van der Waals surface area contributed by atoms with Gasteiger partial charge < -0.3 is 10.6 Å². The SMILES string of the molecule is CC(C)(C)CC1NCC(c2cccc(Cl)c2)C1CNc1ccc(Cl)cc1. The average Bonchev–Trinajstić information content (AvgIpc) is 2.95. The Kier molecular flexibility index (Phi) is 6.17. The molecule has 1 aliphatic rings. The Hall–Kier alpha value is -1.22. The molecule has 1 aliphatic heterocycles. The Balaban J connectivity index is 1.78. The van der Waals surface area contributed by atoms with Crippen molar-refractivity contribution in [1.82, 2.24) is 5.32 Å². The van der Waals surface area contributed by atoms with Gasteiger partial charge in [-0.3, -0.25) is 0 Å². The summed E-state index contributed by atoms with van der Waals surface area (Å²) in [6.45, 7) is 8.85. The molecular formula is C22H28Cl2N2. The van der Waals surface area contributed by atoms with Gasteiger partial charge in [0.1, 0.15) is 0 Å². The molecule has 2 aromatic carbocycles. The zero-order chi connectivity index (χ0) is 18.7. The number of hydrogen-bond donors (Lipinski definition) is 2. The van der Waals surface area contributed by atoms with Crippen molar-refractivity contribution in [3.8, 4) is 0 Å². The summed E-state index contributed by atoms with van der Waals surface area (Å²) < 4.78 is 0. The van der Waals surface area contributed by atoms with Crippen LogP contribution in [-0.2, 0) is 0 Å². The van der Waals surface area contributed by atoms with Crippen molar-refractivity contribution in [3.63, 3.8) is 0 Å². The molecule has 1 fully saturated rings. The monoisotopic (exact) mass is 390 g/mol. The molecule has 2 aromatic rings. The number of nitrogens with one attached hydrogen (secondary N) is 2. The van der Waals surface area contributed by atoms with E-state index in [1.54, 1.807) is 0 Å². The third-order valence-electron chi connectivity index (χ3n) is 5.13. The number of anilines is 1. The van der Waals surface area contributed by atoms with Crippen molar-refractivity contribution in [3.05, 3.63) is 64.1 Å². The van der Waals surface area contributed by atoms with E-state index in [0.717, 1.165) is 35.2 Å². The minimum absolute atomic E-state index is 0.291. The van der Waals surface area contributed by atoms with Gasteiger partial charge in [-0.2, -0.15) is 0 Å². The summed E-state index contributed by atoms with van der Waals surface area (Å²) in [4.78, 5) is 0.